The zero-order chi connectivity index (χ0) is 23.1. The molecule has 1 amide bonds. The van der Waals surface area contributed by atoms with Crippen LogP contribution in [0.2, 0.25) is 10.0 Å². The minimum absolute atomic E-state index is 0.0252. The first-order valence-corrected chi connectivity index (χ1v) is 14.1. The van der Waals surface area contributed by atoms with Crippen LogP contribution in [0.15, 0.2) is 12.1 Å². The van der Waals surface area contributed by atoms with Gasteiger partial charge in [0.25, 0.3) is 0 Å². The van der Waals surface area contributed by atoms with Crippen LogP contribution in [-0.2, 0) is 16.0 Å². The lowest BCUT2D eigenvalue weighted by molar-refractivity contribution is -0.137. The topological polar surface area (TPSA) is 66.4 Å². The van der Waals surface area contributed by atoms with E-state index in [9.17, 15) is 14.7 Å². The van der Waals surface area contributed by atoms with Gasteiger partial charge in [0, 0.05) is 17.5 Å². The van der Waals surface area contributed by atoms with Gasteiger partial charge in [0.15, 0.2) is 4.08 Å². The average Bonchev–Trinajstić information content (AvgIpc) is 2.76. The summed E-state index contributed by atoms with van der Waals surface area (Å²) >= 11 is 15.1. The molecule has 2 N–H and O–H groups in total. The summed E-state index contributed by atoms with van der Waals surface area (Å²) in [4.78, 5) is 25.6. The second-order valence-electron chi connectivity index (χ2n) is 8.32. The Morgan fingerprint density at radius 3 is 2.26 bits per heavy atom. The van der Waals surface area contributed by atoms with Gasteiger partial charge in [-0.1, -0.05) is 68.7 Å². The first kappa shape index (κ1) is 26.7. The molecule has 4 nitrogen and oxygen atoms in total. The third-order valence-electron chi connectivity index (χ3n) is 6.35. The van der Waals surface area contributed by atoms with Gasteiger partial charge in [-0.15, -0.1) is 23.5 Å². The van der Waals surface area contributed by atoms with E-state index in [1.54, 1.807) is 24.6 Å². The molecule has 31 heavy (non-hydrogen) atoms. The van der Waals surface area contributed by atoms with Crippen molar-refractivity contribution < 1.29 is 14.7 Å². The summed E-state index contributed by atoms with van der Waals surface area (Å²) in [6.45, 7) is 2.17. The zero-order valence-corrected chi connectivity index (χ0v) is 21.7. The van der Waals surface area contributed by atoms with E-state index in [1.165, 1.54) is 29.9 Å². The molecule has 174 valence electrons. The van der Waals surface area contributed by atoms with Crippen LogP contribution in [-0.4, -0.2) is 33.6 Å². The summed E-state index contributed by atoms with van der Waals surface area (Å²) in [5.74, 6) is -0.878. The molecule has 8 heteroatoms. The van der Waals surface area contributed by atoms with E-state index in [0.717, 1.165) is 51.4 Å². The van der Waals surface area contributed by atoms with Crippen molar-refractivity contribution in [3.63, 3.8) is 0 Å². The second-order valence-corrected chi connectivity index (χ2v) is 11.6. The summed E-state index contributed by atoms with van der Waals surface area (Å²) < 4.78 is -1.07. The molecule has 0 radical (unpaired) electrons. The van der Waals surface area contributed by atoms with Crippen molar-refractivity contribution in [1.29, 1.82) is 0 Å². The Morgan fingerprint density at radius 2 is 1.71 bits per heavy atom. The van der Waals surface area contributed by atoms with Crippen LogP contribution in [0, 0.1) is 5.41 Å². The molecule has 0 heterocycles. The molecule has 1 fully saturated rings. The maximum absolute atomic E-state index is 13.6. The van der Waals surface area contributed by atoms with Crippen molar-refractivity contribution >= 4 is 64.3 Å². The van der Waals surface area contributed by atoms with Gasteiger partial charge < -0.3 is 10.4 Å². The quantitative estimate of drug-likeness (QED) is 0.240. The molecule has 0 unspecified atom stereocenters. The first-order valence-electron chi connectivity index (χ1n) is 10.9. The Balaban J connectivity index is 2.37. The lowest BCUT2D eigenvalue weighted by Crippen LogP contribution is -2.39. The number of aliphatic carboxylic acids is 1. The number of benzene rings is 1. The van der Waals surface area contributed by atoms with E-state index < -0.39 is 10.0 Å². The predicted octanol–water partition coefficient (Wildman–Crippen LogP) is 7.51. The Labute approximate surface area is 204 Å². The average molecular weight is 507 g/mol. The number of thioether (sulfide) groups is 2. The van der Waals surface area contributed by atoms with E-state index in [1.807, 2.05) is 0 Å². The number of amides is 1. The van der Waals surface area contributed by atoms with Crippen LogP contribution in [0.3, 0.4) is 0 Å². The number of anilines is 1. The molecule has 0 atom stereocenters. The molecule has 1 aromatic carbocycles. The standard InChI is InChI=1S/C23H33Cl2NO3S2/c1-4-5-7-10-22(11-8-6-9-12-22)20(27)26-19-14-18(25)17(24)13-16(19)15-23(30-2,31-3)21(28)29/h13-14H,4-12,15H2,1-3H3,(H,26,27)(H,28,29). The minimum Gasteiger partial charge on any atom is -0.480 e. The summed E-state index contributed by atoms with van der Waals surface area (Å²) in [5, 5.41) is 13.7. The number of carboxylic acids is 1. The van der Waals surface area contributed by atoms with Gasteiger partial charge in [-0.05, 0) is 49.5 Å². The lowest BCUT2D eigenvalue weighted by Gasteiger charge is -2.36. The Morgan fingerprint density at radius 1 is 1.10 bits per heavy atom. The third-order valence-corrected chi connectivity index (χ3v) is 10.0. The van der Waals surface area contributed by atoms with Crippen molar-refractivity contribution in [1.82, 2.24) is 0 Å². The lowest BCUT2D eigenvalue weighted by atomic mass is 9.70. The Kier molecular flexibility index (Phi) is 10.4. The number of carbonyl (C=O) groups is 2. The Hall–Kier alpha value is -0.560. The molecular formula is C23H33Cl2NO3S2. The third kappa shape index (κ3) is 6.49. The predicted molar refractivity (Wildman–Crippen MR) is 136 cm³/mol. The number of hydrogen-bond acceptors (Lipinski definition) is 4. The molecule has 1 saturated carbocycles. The van der Waals surface area contributed by atoms with Gasteiger partial charge in [-0.3, -0.25) is 4.79 Å². The Bertz CT molecular complexity index is 778. The summed E-state index contributed by atoms with van der Waals surface area (Å²) in [6, 6.07) is 3.35. The fourth-order valence-corrected chi connectivity index (χ4v) is 6.33. The largest absolute Gasteiger partial charge is 0.480 e. The molecule has 0 bridgehead atoms. The highest BCUT2D eigenvalue weighted by molar-refractivity contribution is 8.18. The number of halogens is 2. The monoisotopic (exact) mass is 505 g/mol. The van der Waals surface area contributed by atoms with Crippen LogP contribution >= 0.6 is 46.7 Å². The maximum Gasteiger partial charge on any atom is 0.330 e. The normalized spacial score (nSPS) is 16.2. The minimum atomic E-state index is -1.07. The SMILES string of the molecule is CCCCCC1(C(=O)Nc2cc(Cl)c(Cl)cc2CC(SC)(SC)C(=O)O)CCCCC1. The van der Waals surface area contributed by atoms with Crippen molar-refractivity contribution in [2.45, 2.75) is 75.2 Å². The van der Waals surface area contributed by atoms with Crippen LogP contribution in [0.5, 0.6) is 0 Å². The van der Waals surface area contributed by atoms with Crippen LogP contribution in [0.1, 0.15) is 70.3 Å². The van der Waals surface area contributed by atoms with Gasteiger partial charge in [0.05, 0.1) is 10.0 Å². The highest BCUT2D eigenvalue weighted by Crippen LogP contribution is 2.44. The summed E-state index contributed by atoms with van der Waals surface area (Å²) in [6.07, 6.45) is 13.0. The van der Waals surface area contributed by atoms with Crippen molar-refractivity contribution in [3.8, 4) is 0 Å². The molecule has 1 aromatic rings. The van der Waals surface area contributed by atoms with Gasteiger partial charge in [0.2, 0.25) is 5.91 Å². The summed E-state index contributed by atoms with van der Waals surface area (Å²) in [5.41, 5.74) is 0.890. The fraction of sp³-hybridized carbons (Fsp3) is 0.652. The van der Waals surface area contributed by atoms with E-state index in [-0.39, 0.29) is 17.7 Å². The molecule has 0 aromatic heterocycles. The number of carbonyl (C=O) groups excluding carboxylic acids is 1. The van der Waals surface area contributed by atoms with Gasteiger partial charge >= 0.3 is 5.97 Å². The van der Waals surface area contributed by atoms with E-state index >= 15 is 0 Å². The van der Waals surface area contributed by atoms with E-state index in [2.05, 4.69) is 12.2 Å². The van der Waals surface area contributed by atoms with Crippen LogP contribution in [0.25, 0.3) is 0 Å². The number of rotatable bonds is 11. The van der Waals surface area contributed by atoms with E-state index in [4.69, 9.17) is 23.2 Å². The second kappa shape index (κ2) is 12.1. The molecule has 0 spiro atoms. The van der Waals surface area contributed by atoms with Crippen LogP contribution < -0.4 is 5.32 Å². The van der Waals surface area contributed by atoms with Gasteiger partial charge in [-0.25, -0.2) is 4.79 Å². The number of nitrogens with one attached hydrogen (secondary N) is 1. The molecule has 0 saturated heterocycles. The molecule has 2 rings (SSSR count). The molecule has 1 aliphatic carbocycles. The maximum atomic E-state index is 13.6. The van der Waals surface area contributed by atoms with Crippen molar-refractivity contribution in [3.05, 3.63) is 27.7 Å². The fourth-order valence-electron chi connectivity index (χ4n) is 4.37. The molecule has 1 aliphatic rings. The highest BCUT2D eigenvalue weighted by Gasteiger charge is 2.41. The summed E-state index contributed by atoms with van der Waals surface area (Å²) in [7, 11) is 0. The number of carboxylic acid groups (broad SMARTS) is 1. The van der Waals surface area contributed by atoms with Crippen molar-refractivity contribution in [2.24, 2.45) is 5.41 Å². The number of hydrogen-bond donors (Lipinski definition) is 2. The van der Waals surface area contributed by atoms with E-state index in [0.29, 0.717) is 21.3 Å². The van der Waals surface area contributed by atoms with Gasteiger partial charge in [-0.2, -0.15) is 0 Å². The highest BCUT2D eigenvalue weighted by atomic mass is 35.5. The van der Waals surface area contributed by atoms with Crippen molar-refractivity contribution in [2.75, 3.05) is 17.8 Å². The first-order chi connectivity index (χ1) is 14.7. The number of unbranched alkanes of at least 4 members (excludes halogenated alkanes) is 2. The smallest absolute Gasteiger partial charge is 0.330 e. The van der Waals surface area contributed by atoms with Gasteiger partial charge in [0.1, 0.15) is 0 Å². The zero-order valence-electron chi connectivity index (χ0n) is 18.6. The van der Waals surface area contributed by atoms with Crippen LogP contribution in [0.4, 0.5) is 5.69 Å². The molecule has 0 aliphatic heterocycles. The molecular weight excluding hydrogens is 473 g/mol.